The third-order valence-electron chi connectivity index (χ3n) is 2.87. The molecule has 0 atom stereocenters. The number of nitrogens with zero attached hydrogens (tertiary/aromatic N) is 1. The maximum Gasteiger partial charge on any atom is 0.210 e. The van der Waals surface area contributed by atoms with E-state index in [9.17, 15) is 0 Å². The van der Waals surface area contributed by atoms with Gasteiger partial charge in [-0.2, -0.15) is 0 Å². The van der Waals surface area contributed by atoms with E-state index < -0.39 is 0 Å². The summed E-state index contributed by atoms with van der Waals surface area (Å²) in [6.07, 6.45) is 0. The summed E-state index contributed by atoms with van der Waals surface area (Å²) in [6.45, 7) is 3.59. The monoisotopic (exact) mass is 310 g/mol. The van der Waals surface area contributed by atoms with E-state index in [1.165, 1.54) is 0 Å². The van der Waals surface area contributed by atoms with Gasteiger partial charge in [0.05, 0.1) is 28.1 Å². The van der Waals surface area contributed by atoms with Crippen molar-refractivity contribution in [1.29, 1.82) is 0 Å². The molecule has 2 aliphatic rings. The zero-order valence-corrected chi connectivity index (χ0v) is 11.4. The molecule has 2 aliphatic heterocycles. The molecule has 0 spiro atoms. The number of nitrogens with one attached hydrogen (secondary N) is 5. The maximum atomic E-state index is 4.26. The van der Waals surface area contributed by atoms with E-state index in [-0.39, 0.29) is 0 Å². The highest BCUT2D eigenvalue weighted by Crippen LogP contribution is 2.37. The van der Waals surface area contributed by atoms with Gasteiger partial charge in [0, 0.05) is 19.6 Å². The summed E-state index contributed by atoms with van der Waals surface area (Å²) < 4.78 is 1.01. The molecule has 0 fully saturated rings. The minimum absolute atomic E-state index is 0.783. The van der Waals surface area contributed by atoms with Crippen LogP contribution in [0.5, 0.6) is 0 Å². The Morgan fingerprint density at radius 3 is 2.78 bits per heavy atom. The summed E-state index contributed by atoms with van der Waals surface area (Å²) in [4.78, 5) is 4.26. The summed E-state index contributed by atoms with van der Waals surface area (Å²) in [7, 11) is 0. The fourth-order valence-electron chi connectivity index (χ4n) is 1.99. The Labute approximate surface area is 114 Å². The zero-order valence-electron chi connectivity index (χ0n) is 9.81. The van der Waals surface area contributed by atoms with Gasteiger partial charge in [0.15, 0.2) is 0 Å². The molecule has 0 unspecified atom stereocenters. The van der Waals surface area contributed by atoms with Crippen LogP contribution in [0.3, 0.4) is 0 Å². The van der Waals surface area contributed by atoms with Crippen molar-refractivity contribution in [3.8, 4) is 0 Å². The van der Waals surface area contributed by atoms with Crippen LogP contribution >= 0.6 is 15.9 Å². The first-order valence-electron chi connectivity index (χ1n) is 5.95. The van der Waals surface area contributed by atoms with Crippen LogP contribution in [-0.2, 0) is 0 Å². The van der Waals surface area contributed by atoms with Crippen molar-refractivity contribution in [3.63, 3.8) is 0 Å². The number of rotatable bonds is 2. The summed E-state index contributed by atoms with van der Waals surface area (Å²) in [5.74, 6) is 0.783. The normalized spacial score (nSPS) is 16.8. The van der Waals surface area contributed by atoms with Crippen LogP contribution in [0.4, 0.5) is 17.1 Å². The molecule has 0 saturated heterocycles. The highest BCUT2D eigenvalue weighted by Gasteiger charge is 2.14. The number of hydrazine groups is 1. The number of guanidine groups is 1. The van der Waals surface area contributed by atoms with Crippen LogP contribution in [0, 0.1) is 0 Å². The minimum Gasteiger partial charge on any atom is -0.382 e. The Morgan fingerprint density at radius 1 is 1.06 bits per heavy atom. The van der Waals surface area contributed by atoms with E-state index in [1.54, 1.807) is 0 Å². The third kappa shape index (κ3) is 2.17. The lowest BCUT2D eigenvalue weighted by atomic mass is 10.2. The van der Waals surface area contributed by atoms with Gasteiger partial charge in [-0.3, -0.25) is 15.8 Å². The molecule has 0 saturated carbocycles. The molecule has 3 rings (SSSR count). The van der Waals surface area contributed by atoms with Gasteiger partial charge in [0.2, 0.25) is 5.96 Å². The molecular weight excluding hydrogens is 296 g/mol. The molecule has 0 bridgehead atoms. The van der Waals surface area contributed by atoms with Gasteiger partial charge in [-0.05, 0) is 28.1 Å². The number of halogens is 1. The summed E-state index contributed by atoms with van der Waals surface area (Å²) in [6, 6.07) is 4.07. The third-order valence-corrected chi connectivity index (χ3v) is 3.70. The van der Waals surface area contributed by atoms with E-state index >= 15 is 0 Å². The smallest absolute Gasteiger partial charge is 0.210 e. The van der Waals surface area contributed by atoms with Gasteiger partial charge in [0.1, 0.15) is 0 Å². The molecule has 0 aromatic heterocycles. The summed E-state index contributed by atoms with van der Waals surface area (Å²) in [5.41, 5.74) is 9.39. The number of anilines is 3. The molecule has 0 radical (unpaired) electrons. The average Bonchev–Trinajstić information content (AvgIpc) is 2.91. The van der Waals surface area contributed by atoms with Gasteiger partial charge in [-0.25, -0.2) is 0 Å². The van der Waals surface area contributed by atoms with Gasteiger partial charge < -0.3 is 16.0 Å². The standard InChI is InChI=1S/C11H15BrN6/c12-9-7(17-18-11-15-5-6-16-11)1-2-8-10(9)14-4-3-13-8/h1-2,13-14,17H,3-6H2,(H2,15,16,18). The second-order valence-corrected chi connectivity index (χ2v) is 4.90. The number of fused-ring (bicyclic) bond motifs is 1. The lowest BCUT2D eigenvalue weighted by Crippen LogP contribution is -2.37. The van der Waals surface area contributed by atoms with E-state index in [0.29, 0.717) is 0 Å². The predicted molar refractivity (Wildman–Crippen MR) is 78.2 cm³/mol. The highest BCUT2D eigenvalue weighted by molar-refractivity contribution is 9.10. The molecule has 18 heavy (non-hydrogen) atoms. The number of hydrogen-bond acceptors (Lipinski definition) is 6. The first kappa shape index (κ1) is 11.5. The Hall–Kier alpha value is -1.63. The van der Waals surface area contributed by atoms with Crippen LogP contribution in [0.1, 0.15) is 0 Å². The second-order valence-electron chi connectivity index (χ2n) is 4.11. The number of aliphatic imine (C=N–C) groups is 1. The topological polar surface area (TPSA) is 72.5 Å². The van der Waals surface area contributed by atoms with Crippen molar-refractivity contribution in [1.82, 2.24) is 10.7 Å². The lowest BCUT2D eigenvalue weighted by Gasteiger charge is -2.23. The van der Waals surface area contributed by atoms with Crippen LogP contribution < -0.4 is 26.8 Å². The van der Waals surface area contributed by atoms with Gasteiger partial charge in [-0.15, -0.1) is 0 Å². The van der Waals surface area contributed by atoms with Crippen LogP contribution in [0.15, 0.2) is 21.6 Å². The molecule has 2 heterocycles. The molecule has 96 valence electrons. The minimum atomic E-state index is 0.783. The van der Waals surface area contributed by atoms with E-state index in [1.807, 2.05) is 6.07 Å². The molecule has 0 amide bonds. The van der Waals surface area contributed by atoms with E-state index in [0.717, 1.165) is 53.7 Å². The Balaban J connectivity index is 1.75. The molecule has 1 aromatic rings. The molecule has 6 nitrogen and oxygen atoms in total. The zero-order chi connectivity index (χ0) is 12.4. The largest absolute Gasteiger partial charge is 0.382 e. The number of hydrogen-bond donors (Lipinski definition) is 5. The Morgan fingerprint density at radius 2 is 1.94 bits per heavy atom. The summed E-state index contributed by atoms with van der Waals surface area (Å²) >= 11 is 3.61. The van der Waals surface area contributed by atoms with Crippen molar-refractivity contribution in [2.75, 3.05) is 42.2 Å². The van der Waals surface area contributed by atoms with Crippen molar-refractivity contribution in [2.45, 2.75) is 0 Å². The molecule has 7 heteroatoms. The SMILES string of the molecule is Brc1c(NNC2=NCCN2)ccc2c1NCCN2. The fraction of sp³-hybridized carbons (Fsp3) is 0.364. The molecule has 5 N–H and O–H groups in total. The molecular formula is C11H15BrN6. The Kier molecular flexibility index (Phi) is 3.14. The van der Waals surface area contributed by atoms with Crippen LogP contribution in [0.25, 0.3) is 0 Å². The summed E-state index contributed by atoms with van der Waals surface area (Å²) in [5, 5.41) is 9.87. The van der Waals surface area contributed by atoms with Gasteiger partial charge in [0.25, 0.3) is 0 Å². The fourth-order valence-corrected chi connectivity index (χ4v) is 2.57. The second kappa shape index (κ2) is 4.93. The Bertz CT molecular complexity index is 487. The van der Waals surface area contributed by atoms with Gasteiger partial charge >= 0.3 is 0 Å². The quantitative estimate of drug-likeness (QED) is 0.530. The van der Waals surface area contributed by atoms with Crippen molar-refractivity contribution in [2.24, 2.45) is 4.99 Å². The van der Waals surface area contributed by atoms with Crippen LogP contribution in [-0.4, -0.2) is 32.1 Å². The predicted octanol–water partition coefficient (Wildman–Crippen LogP) is 1.16. The van der Waals surface area contributed by atoms with Gasteiger partial charge in [-0.1, -0.05) is 0 Å². The first-order chi connectivity index (χ1) is 8.84. The molecule has 0 aliphatic carbocycles. The average molecular weight is 311 g/mol. The van der Waals surface area contributed by atoms with E-state index in [4.69, 9.17) is 0 Å². The van der Waals surface area contributed by atoms with E-state index in [2.05, 4.69) is 53.8 Å². The number of benzene rings is 1. The van der Waals surface area contributed by atoms with Crippen molar-refractivity contribution >= 4 is 39.0 Å². The lowest BCUT2D eigenvalue weighted by molar-refractivity contribution is 0.937. The van der Waals surface area contributed by atoms with Crippen molar-refractivity contribution in [3.05, 3.63) is 16.6 Å². The highest BCUT2D eigenvalue weighted by atomic mass is 79.9. The van der Waals surface area contributed by atoms with Crippen molar-refractivity contribution < 1.29 is 0 Å². The van der Waals surface area contributed by atoms with Crippen LogP contribution in [0.2, 0.25) is 0 Å². The maximum absolute atomic E-state index is 4.26. The molecule has 1 aromatic carbocycles. The first-order valence-corrected chi connectivity index (χ1v) is 6.74.